The number of anilines is 1. The third-order valence-corrected chi connectivity index (χ3v) is 3.77. The molecule has 3 N–H and O–H groups in total. The topological polar surface area (TPSA) is 59.1 Å². The van der Waals surface area contributed by atoms with Crippen LogP contribution in [0.15, 0.2) is 30.5 Å². The van der Waals surface area contributed by atoms with E-state index in [1.54, 1.807) is 12.3 Å². The summed E-state index contributed by atoms with van der Waals surface area (Å²) in [6.07, 6.45) is 2.81. The Morgan fingerprint density at radius 3 is 2.89 bits per heavy atom. The number of rotatable bonds is 1. The van der Waals surface area contributed by atoms with Gasteiger partial charge in [0.15, 0.2) is 0 Å². The van der Waals surface area contributed by atoms with Crippen LogP contribution in [0.4, 0.5) is 10.2 Å². The first-order valence-corrected chi connectivity index (χ1v) is 6.24. The van der Waals surface area contributed by atoms with Gasteiger partial charge in [0.1, 0.15) is 17.2 Å². The minimum Gasteiger partial charge on any atom is -0.383 e. The summed E-state index contributed by atoms with van der Waals surface area (Å²) in [5.41, 5.74) is 7.85. The smallest absolute Gasteiger partial charge is 0.129 e. The van der Waals surface area contributed by atoms with Crippen LogP contribution in [0.5, 0.6) is 0 Å². The van der Waals surface area contributed by atoms with E-state index in [1.165, 1.54) is 12.1 Å². The molecule has 2 aromatic rings. The average Bonchev–Trinajstić information content (AvgIpc) is 2.70. The van der Waals surface area contributed by atoms with Crippen LogP contribution in [0.3, 0.4) is 0 Å². The van der Waals surface area contributed by atoms with Gasteiger partial charge in [-0.1, -0.05) is 6.07 Å². The average molecular weight is 258 g/mol. The second-order valence-corrected chi connectivity index (χ2v) is 5.11. The first kappa shape index (κ1) is 12.1. The third-order valence-electron chi connectivity index (χ3n) is 3.77. The molecular weight excluding hydrogens is 243 g/mol. The van der Waals surface area contributed by atoms with Crippen molar-refractivity contribution >= 4 is 5.82 Å². The molecule has 1 heterocycles. The van der Waals surface area contributed by atoms with Gasteiger partial charge in [-0.05, 0) is 54.7 Å². The number of halogens is 1. The first-order chi connectivity index (χ1) is 9.00. The van der Waals surface area contributed by atoms with Crippen LogP contribution < -0.4 is 5.73 Å². The number of pyridine rings is 1. The van der Waals surface area contributed by atoms with Crippen molar-refractivity contribution in [1.29, 1.82) is 0 Å². The Morgan fingerprint density at radius 1 is 1.32 bits per heavy atom. The minimum absolute atomic E-state index is 0.279. The molecule has 1 atom stereocenters. The maximum absolute atomic E-state index is 13.2. The molecule has 98 valence electrons. The molecule has 0 amide bonds. The van der Waals surface area contributed by atoms with Crippen LogP contribution in [0.1, 0.15) is 28.7 Å². The zero-order valence-corrected chi connectivity index (χ0v) is 10.7. The Kier molecular flexibility index (Phi) is 2.57. The van der Waals surface area contributed by atoms with Gasteiger partial charge in [0.05, 0.1) is 0 Å². The van der Waals surface area contributed by atoms with E-state index in [4.69, 9.17) is 5.73 Å². The molecule has 0 aliphatic heterocycles. The van der Waals surface area contributed by atoms with Crippen molar-refractivity contribution in [2.75, 3.05) is 5.73 Å². The molecule has 0 bridgehead atoms. The Morgan fingerprint density at radius 2 is 2.11 bits per heavy atom. The Balaban J connectivity index is 2.19. The molecule has 3 rings (SSSR count). The SMILES string of the molecule is Cc1cnc(N)c(C2(O)CCc3cc(F)ccc32)c1. The van der Waals surface area contributed by atoms with Crippen molar-refractivity contribution in [1.82, 2.24) is 4.98 Å². The Bertz CT molecular complexity index is 657. The minimum atomic E-state index is -1.16. The fourth-order valence-corrected chi connectivity index (χ4v) is 2.81. The fourth-order valence-electron chi connectivity index (χ4n) is 2.81. The molecule has 1 aliphatic rings. The lowest BCUT2D eigenvalue weighted by Crippen LogP contribution is -2.26. The van der Waals surface area contributed by atoms with Crippen molar-refractivity contribution in [2.45, 2.75) is 25.4 Å². The summed E-state index contributed by atoms with van der Waals surface area (Å²) in [6, 6.07) is 6.33. The van der Waals surface area contributed by atoms with E-state index in [1.807, 2.05) is 13.0 Å². The summed E-state index contributed by atoms with van der Waals surface area (Å²) in [7, 11) is 0. The van der Waals surface area contributed by atoms with E-state index in [0.29, 0.717) is 24.2 Å². The number of nitrogens with zero attached hydrogens (tertiary/aromatic N) is 1. The highest BCUT2D eigenvalue weighted by Gasteiger charge is 2.40. The van der Waals surface area contributed by atoms with Crippen LogP contribution in [0.25, 0.3) is 0 Å². The number of hydrogen-bond acceptors (Lipinski definition) is 3. The van der Waals surface area contributed by atoms with Crippen molar-refractivity contribution in [3.8, 4) is 0 Å². The van der Waals surface area contributed by atoms with Crippen LogP contribution in [0.2, 0.25) is 0 Å². The molecule has 19 heavy (non-hydrogen) atoms. The van der Waals surface area contributed by atoms with E-state index in [2.05, 4.69) is 4.98 Å². The molecule has 1 unspecified atom stereocenters. The fraction of sp³-hybridized carbons (Fsp3) is 0.267. The van der Waals surface area contributed by atoms with Gasteiger partial charge in [-0.25, -0.2) is 9.37 Å². The summed E-state index contributed by atoms with van der Waals surface area (Å²) < 4.78 is 13.2. The van der Waals surface area contributed by atoms with Gasteiger partial charge in [0.2, 0.25) is 0 Å². The van der Waals surface area contributed by atoms with Crippen LogP contribution in [-0.2, 0) is 12.0 Å². The highest BCUT2D eigenvalue weighted by Crippen LogP contribution is 2.43. The standard InChI is InChI=1S/C15H15FN2O/c1-9-6-13(14(17)18-8-9)15(19)5-4-10-7-11(16)2-3-12(10)15/h2-3,6-8,19H,4-5H2,1H3,(H2,17,18). The second kappa shape index (κ2) is 4.03. The molecule has 1 aliphatic carbocycles. The molecule has 4 heteroatoms. The summed E-state index contributed by atoms with van der Waals surface area (Å²) in [5, 5.41) is 11.0. The predicted molar refractivity (Wildman–Crippen MR) is 71.1 cm³/mol. The number of nitrogens with two attached hydrogens (primary N) is 1. The van der Waals surface area contributed by atoms with E-state index in [0.717, 1.165) is 16.7 Å². The number of aliphatic hydroxyl groups is 1. The summed E-state index contributed by atoms with van der Waals surface area (Å²) in [4.78, 5) is 4.10. The van der Waals surface area contributed by atoms with E-state index < -0.39 is 5.60 Å². The third kappa shape index (κ3) is 1.79. The molecule has 0 spiro atoms. The zero-order valence-electron chi connectivity index (χ0n) is 10.7. The largest absolute Gasteiger partial charge is 0.383 e. The molecule has 0 fully saturated rings. The van der Waals surface area contributed by atoms with Gasteiger partial charge in [-0.15, -0.1) is 0 Å². The first-order valence-electron chi connectivity index (χ1n) is 6.24. The van der Waals surface area contributed by atoms with Crippen LogP contribution in [-0.4, -0.2) is 10.1 Å². The molecule has 0 saturated heterocycles. The number of fused-ring (bicyclic) bond motifs is 1. The monoisotopic (exact) mass is 258 g/mol. The highest BCUT2D eigenvalue weighted by atomic mass is 19.1. The van der Waals surface area contributed by atoms with Crippen molar-refractivity contribution in [3.05, 3.63) is 58.5 Å². The van der Waals surface area contributed by atoms with Gasteiger partial charge < -0.3 is 10.8 Å². The van der Waals surface area contributed by atoms with Crippen LogP contribution in [0, 0.1) is 12.7 Å². The zero-order chi connectivity index (χ0) is 13.6. The number of nitrogen functional groups attached to an aromatic ring is 1. The van der Waals surface area contributed by atoms with Crippen molar-refractivity contribution in [3.63, 3.8) is 0 Å². The lowest BCUT2D eigenvalue weighted by atomic mass is 9.87. The molecule has 0 radical (unpaired) electrons. The summed E-state index contributed by atoms with van der Waals surface area (Å²) in [5.74, 6) is 0.0450. The van der Waals surface area contributed by atoms with Gasteiger partial charge in [-0.3, -0.25) is 0 Å². The van der Waals surface area contributed by atoms with Gasteiger partial charge in [-0.2, -0.15) is 0 Å². The second-order valence-electron chi connectivity index (χ2n) is 5.11. The van der Waals surface area contributed by atoms with Gasteiger partial charge >= 0.3 is 0 Å². The van der Waals surface area contributed by atoms with Gasteiger partial charge in [0, 0.05) is 11.8 Å². The van der Waals surface area contributed by atoms with Gasteiger partial charge in [0.25, 0.3) is 0 Å². The normalized spacial score (nSPS) is 21.4. The molecule has 1 aromatic heterocycles. The maximum atomic E-state index is 13.2. The van der Waals surface area contributed by atoms with E-state index in [9.17, 15) is 9.50 Å². The molecule has 0 saturated carbocycles. The summed E-state index contributed by atoms with van der Waals surface area (Å²) >= 11 is 0. The van der Waals surface area contributed by atoms with E-state index >= 15 is 0 Å². The number of hydrogen-bond donors (Lipinski definition) is 2. The maximum Gasteiger partial charge on any atom is 0.129 e. The number of benzene rings is 1. The van der Waals surface area contributed by atoms with Crippen molar-refractivity contribution < 1.29 is 9.50 Å². The lowest BCUT2D eigenvalue weighted by molar-refractivity contribution is 0.0833. The number of aryl methyl sites for hydroxylation is 2. The quantitative estimate of drug-likeness (QED) is 0.825. The highest BCUT2D eigenvalue weighted by molar-refractivity contribution is 5.53. The predicted octanol–water partition coefficient (Wildman–Crippen LogP) is 2.29. The number of aromatic nitrogens is 1. The Hall–Kier alpha value is -1.94. The molecule has 1 aromatic carbocycles. The van der Waals surface area contributed by atoms with E-state index in [-0.39, 0.29) is 5.82 Å². The Labute approximate surface area is 110 Å². The van der Waals surface area contributed by atoms with Crippen LogP contribution >= 0.6 is 0 Å². The summed E-state index contributed by atoms with van der Waals surface area (Å²) in [6.45, 7) is 1.90. The molecule has 3 nitrogen and oxygen atoms in total. The van der Waals surface area contributed by atoms with Crippen molar-refractivity contribution in [2.24, 2.45) is 0 Å². The lowest BCUT2D eigenvalue weighted by Gasteiger charge is -2.26. The molecular formula is C15H15FN2O.